The Balaban J connectivity index is 2.04. The Morgan fingerprint density at radius 2 is 2.18 bits per heavy atom. The van der Waals surface area contributed by atoms with Crippen LogP contribution in [0.25, 0.3) is 0 Å². The van der Waals surface area contributed by atoms with E-state index in [1.807, 2.05) is 6.07 Å². The van der Waals surface area contributed by atoms with Crippen LogP contribution < -0.4 is 4.74 Å². The first-order valence-corrected chi connectivity index (χ1v) is 6.71. The molecule has 0 aromatic heterocycles. The van der Waals surface area contributed by atoms with Gasteiger partial charge in [0.1, 0.15) is 5.75 Å². The second-order valence-corrected chi connectivity index (χ2v) is 4.85. The zero-order valence-corrected chi connectivity index (χ0v) is 11.0. The summed E-state index contributed by atoms with van der Waals surface area (Å²) in [6.07, 6.45) is 5.06. The minimum Gasteiger partial charge on any atom is -0.496 e. The summed E-state index contributed by atoms with van der Waals surface area (Å²) in [7, 11) is 1.76. The highest BCUT2D eigenvalue weighted by Crippen LogP contribution is 2.25. The number of nitrogens with zero attached hydrogens (tertiary/aromatic N) is 1. The van der Waals surface area contributed by atoms with Crippen LogP contribution in [0.15, 0.2) is 24.3 Å². The highest BCUT2D eigenvalue weighted by Gasteiger charge is 2.24. The van der Waals surface area contributed by atoms with Crippen molar-refractivity contribution in [1.29, 1.82) is 0 Å². The van der Waals surface area contributed by atoms with E-state index in [9.17, 15) is 0 Å². The predicted molar refractivity (Wildman–Crippen MR) is 71.6 cm³/mol. The number of ether oxygens (including phenoxy) is 1. The Labute approximate surface area is 105 Å². The molecule has 0 radical (unpaired) electrons. The topological polar surface area (TPSA) is 12.5 Å². The molecule has 1 aromatic rings. The Kier molecular flexibility index (Phi) is 4.43. The minimum atomic E-state index is 0.714. The molecule has 2 heteroatoms. The lowest BCUT2D eigenvalue weighted by molar-refractivity contribution is 0.251. The van der Waals surface area contributed by atoms with Crippen molar-refractivity contribution in [2.45, 2.75) is 38.6 Å². The highest BCUT2D eigenvalue weighted by molar-refractivity contribution is 5.33. The molecule has 0 amide bonds. The van der Waals surface area contributed by atoms with Crippen LogP contribution in [0.3, 0.4) is 0 Å². The molecule has 0 N–H and O–H groups in total. The van der Waals surface area contributed by atoms with Gasteiger partial charge < -0.3 is 9.64 Å². The SMILES string of the molecule is CCCN1CCCC1Cc1ccccc1OC. The molecule has 1 aromatic carbocycles. The smallest absolute Gasteiger partial charge is 0.122 e. The number of hydrogen-bond acceptors (Lipinski definition) is 2. The molecule has 1 atom stereocenters. The molecular weight excluding hydrogens is 210 g/mol. The standard InChI is InChI=1S/C15H23NO/c1-3-10-16-11-6-8-14(16)12-13-7-4-5-9-15(13)17-2/h4-5,7,9,14H,3,6,8,10-12H2,1-2H3. The first-order chi connectivity index (χ1) is 8.35. The van der Waals surface area contributed by atoms with Crippen molar-refractivity contribution in [3.63, 3.8) is 0 Å². The van der Waals surface area contributed by atoms with Gasteiger partial charge in [-0.3, -0.25) is 0 Å². The predicted octanol–water partition coefficient (Wildman–Crippen LogP) is 3.11. The van der Waals surface area contributed by atoms with Gasteiger partial charge >= 0.3 is 0 Å². The van der Waals surface area contributed by atoms with Gasteiger partial charge in [0.15, 0.2) is 0 Å². The van der Waals surface area contributed by atoms with Crippen molar-refractivity contribution in [2.24, 2.45) is 0 Å². The lowest BCUT2D eigenvalue weighted by Gasteiger charge is -2.24. The molecule has 94 valence electrons. The van der Waals surface area contributed by atoms with Crippen molar-refractivity contribution in [1.82, 2.24) is 4.90 Å². The first kappa shape index (κ1) is 12.4. The van der Waals surface area contributed by atoms with E-state index in [0.717, 1.165) is 12.2 Å². The third kappa shape index (κ3) is 3.01. The molecule has 0 aliphatic carbocycles. The van der Waals surface area contributed by atoms with Crippen molar-refractivity contribution < 1.29 is 4.74 Å². The molecule has 0 bridgehead atoms. The number of benzene rings is 1. The molecule has 17 heavy (non-hydrogen) atoms. The third-order valence-corrected chi connectivity index (χ3v) is 3.66. The molecule has 1 heterocycles. The quantitative estimate of drug-likeness (QED) is 0.775. The molecule has 1 saturated heterocycles. The maximum atomic E-state index is 5.43. The van der Waals surface area contributed by atoms with E-state index in [2.05, 4.69) is 30.0 Å². The Hall–Kier alpha value is -1.02. The number of para-hydroxylation sites is 1. The highest BCUT2D eigenvalue weighted by atomic mass is 16.5. The number of methoxy groups -OCH3 is 1. The van der Waals surface area contributed by atoms with Crippen LogP contribution in [0.2, 0.25) is 0 Å². The van der Waals surface area contributed by atoms with Crippen LogP contribution in [0.1, 0.15) is 31.7 Å². The monoisotopic (exact) mass is 233 g/mol. The van der Waals surface area contributed by atoms with Gasteiger partial charge in [-0.2, -0.15) is 0 Å². The molecule has 1 fully saturated rings. The van der Waals surface area contributed by atoms with Gasteiger partial charge in [0.2, 0.25) is 0 Å². The molecule has 2 rings (SSSR count). The van der Waals surface area contributed by atoms with E-state index in [4.69, 9.17) is 4.74 Å². The van der Waals surface area contributed by atoms with Crippen LogP contribution in [0.5, 0.6) is 5.75 Å². The fourth-order valence-corrected chi connectivity index (χ4v) is 2.83. The number of likely N-dealkylation sites (tertiary alicyclic amines) is 1. The summed E-state index contributed by atoms with van der Waals surface area (Å²) in [5.74, 6) is 1.04. The van der Waals surface area contributed by atoms with Gasteiger partial charge in [-0.1, -0.05) is 25.1 Å². The lowest BCUT2D eigenvalue weighted by atomic mass is 10.0. The Bertz CT molecular complexity index is 351. The summed E-state index contributed by atoms with van der Waals surface area (Å²) < 4.78 is 5.43. The summed E-state index contributed by atoms with van der Waals surface area (Å²) in [5.41, 5.74) is 1.35. The van der Waals surface area contributed by atoms with E-state index in [-0.39, 0.29) is 0 Å². The molecule has 1 aliphatic rings. The summed E-state index contributed by atoms with van der Waals surface area (Å²) in [4.78, 5) is 2.63. The van der Waals surface area contributed by atoms with Crippen LogP contribution in [0, 0.1) is 0 Å². The van der Waals surface area contributed by atoms with Crippen molar-refractivity contribution in [2.75, 3.05) is 20.2 Å². The minimum absolute atomic E-state index is 0.714. The zero-order chi connectivity index (χ0) is 12.1. The second-order valence-electron chi connectivity index (χ2n) is 4.85. The van der Waals surface area contributed by atoms with E-state index in [1.54, 1.807) is 7.11 Å². The summed E-state index contributed by atoms with van der Waals surface area (Å²) in [6, 6.07) is 9.12. The maximum Gasteiger partial charge on any atom is 0.122 e. The molecular formula is C15H23NO. The summed E-state index contributed by atoms with van der Waals surface area (Å²) in [5, 5.41) is 0. The third-order valence-electron chi connectivity index (χ3n) is 3.66. The van der Waals surface area contributed by atoms with E-state index in [0.29, 0.717) is 6.04 Å². The molecule has 1 aliphatic heterocycles. The number of hydrogen-bond donors (Lipinski definition) is 0. The van der Waals surface area contributed by atoms with Gasteiger partial charge in [-0.15, -0.1) is 0 Å². The van der Waals surface area contributed by atoms with Crippen LogP contribution >= 0.6 is 0 Å². The molecule has 0 spiro atoms. The van der Waals surface area contributed by atoms with Crippen molar-refractivity contribution in [3.8, 4) is 5.75 Å². The van der Waals surface area contributed by atoms with E-state index < -0.39 is 0 Å². The average Bonchev–Trinajstić information content (AvgIpc) is 2.78. The lowest BCUT2D eigenvalue weighted by Crippen LogP contribution is -2.31. The van der Waals surface area contributed by atoms with Crippen LogP contribution in [-0.4, -0.2) is 31.1 Å². The van der Waals surface area contributed by atoms with Gasteiger partial charge in [0.05, 0.1) is 7.11 Å². The van der Waals surface area contributed by atoms with E-state index >= 15 is 0 Å². The largest absolute Gasteiger partial charge is 0.496 e. The fourth-order valence-electron chi connectivity index (χ4n) is 2.83. The maximum absolute atomic E-state index is 5.43. The van der Waals surface area contributed by atoms with E-state index in [1.165, 1.54) is 37.9 Å². The zero-order valence-electron chi connectivity index (χ0n) is 11.0. The van der Waals surface area contributed by atoms with Gasteiger partial charge in [-0.05, 0) is 50.4 Å². The fraction of sp³-hybridized carbons (Fsp3) is 0.600. The molecule has 0 saturated carbocycles. The normalized spacial score (nSPS) is 20.7. The molecule has 2 nitrogen and oxygen atoms in total. The van der Waals surface area contributed by atoms with Gasteiger partial charge in [0, 0.05) is 6.04 Å². The summed E-state index contributed by atoms with van der Waals surface area (Å²) >= 11 is 0. The van der Waals surface area contributed by atoms with Gasteiger partial charge in [0.25, 0.3) is 0 Å². The Morgan fingerprint density at radius 3 is 2.94 bits per heavy atom. The molecule has 1 unspecified atom stereocenters. The summed E-state index contributed by atoms with van der Waals surface area (Å²) in [6.45, 7) is 4.77. The van der Waals surface area contributed by atoms with Crippen LogP contribution in [0.4, 0.5) is 0 Å². The second kappa shape index (κ2) is 6.06. The van der Waals surface area contributed by atoms with Crippen molar-refractivity contribution in [3.05, 3.63) is 29.8 Å². The van der Waals surface area contributed by atoms with Gasteiger partial charge in [-0.25, -0.2) is 0 Å². The average molecular weight is 233 g/mol. The number of rotatable bonds is 5. The first-order valence-electron chi connectivity index (χ1n) is 6.71. The Morgan fingerprint density at radius 1 is 1.35 bits per heavy atom. The van der Waals surface area contributed by atoms with Crippen molar-refractivity contribution >= 4 is 0 Å². The van der Waals surface area contributed by atoms with Crippen LogP contribution in [-0.2, 0) is 6.42 Å².